The minimum absolute atomic E-state index is 0.0781. The van der Waals surface area contributed by atoms with Crippen molar-refractivity contribution < 1.29 is 14.3 Å². The smallest absolute Gasteiger partial charge is 0.182 e. The Kier molecular flexibility index (Phi) is 3.94. The van der Waals surface area contributed by atoms with Gasteiger partial charge in [0.2, 0.25) is 0 Å². The van der Waals surface area contributed by atoms with Crippen molar-refractivity contribution in [3.63, 3.8) is 0 Å². The number of anilines is 3. The molecule has 0 saturated carbocycles. The highest BCUT2D eigenvalue weighted by Crippen LogP contribution is 2.53. The third kappa shape index (κ3) is 2.66. The number of ether oxygens (including phenoxy) is 1. The number of para-hydroxylation sites is 4. The van der Waals surface area contributed by atoms with Gasteiger partial charge in [-0.1, -0.05) is 48.5 Å². The molecule has 4 aromatic rings. The van der Waals surface area contributed by atoms with Gasteiger partial charge in [0.1, 0.15) is 0 Å². The molecular formula is C30H19NO3. The number of carbonyl (C=O) groups is 2. The Labute approximate surface area is 196 Å². The van der Waals surface area contributed by atoms with Crippen molar-refractivity contribution in [1.82, 2.24) is 0 Å². The fourth-order valence-corrected chi connectivity index (χ4v) is 5.52. The number of ketones is 2. The Bertz CT molecular complexity index is 1570. The fourth-order valence-electron chi connectivity index (χ4n) is 5.52. The van der Waals surface area contributed by atoms with Gasteiger partial charge in [-0.3, -0.25) is 9.59 Å². The van der Waals surface area contributed by atoms with Crippen LogP contribution in [0.2, 0.25) is 0 Å². The Morgan fingerprint density at radius 3 is 2.24 bits per heavy atom. The van der Waals surface area contributed by atoms with Crippen molar-refractivity contribution in [2.45, 2.75) is 12.3 Å². The molecule has 3 aliphatic rings. The zero-order valence-electron chi connectivity index (χ0n) is 18.2. The molecule has 0 N–H and O–H groups in total. The van der Waals surface area contributed by atoms with E-state index >= 15 is 0 Å². The molecule has 4 aromatic carbocycles. The SMILES string of the molecule is O=C1C=CC(=O)C(C2Cc3ccc(N4c5ccccc5Oc5ccccc54)c4cccc2c34)=C1. The Morgan fingerprint density at radius 2 is 1.47 bits per heavy atom. The number of rotatable bonds is 2. The van der Waals surface area contributed by atoms with Crippen LogP contribution in [0.25, 0.3) is 10.8 Å². The van der Waals surface area contributed by atoms with Gasteiger partial charge in [-0.05, 0) is 71.5 Å². The van der Waals surface area contributed by atoms with Crippen molar-refractivity contribution in [3.8, 4) is 11.5 Å². The van der Waals surface area contributed by atoms with Crippen LogP contribution in [0, 0.1) is 0 Å². The molecule has 7 rings (SSSR count). The molecule has 0 fully saturated rings. The van der Waals surface area contributed by atoms with Crippen LogP contribution in [0.1, 0.15) is 17.0 Å². The molecule has 1 heterocycles. The van der Waals surface area contributed by atoms with E-state index in [0.29, 0.717) is 12.0 Å². The zero-order chi connectivity index (χ0) is 22.8. The summed E-state index contributed by atoms with van der Waals surface area (Å²) in [5.41, 5.74) is 5.91. The van der Waals surface area contributed by atoms with Gasteiger partial charge in [-0.2, -0.15) is 0 Å². The van der Waals surface area contributed by atoms with E-state index in [1.807, 2.05) is 42.5 Å². The van der Waals surface area contributed by atoms with Gasteiger partial charge in [0.25, 0.3) is 0 Å². The van der Waals surface area contributed by atoms with Crippen LogP contribution in [-0.2, 0) is 16.0 Å². The highest BCUT2D eigenvalue weighted by molar-refractivity contribution is 6.18. The van der Waals surface area contributed by atoms with Crippen LogP contribution < -0.4 is 9.64 Å². The first-order valence-corrected chi connectivity index (χ1v) is 11.4. The number of benzene rings is 4. The van der Waals surface area contributed by atoms with E-state index in [0.717, 1.165) is 39.5 Å². The predicted octanol–water partition coefficient (Wildman–Crippen LogP) is 6.69. The molecular weight excluding hydrogens is 422 g/mol. The first-order valence-electron chi connectivity index (χ1n) is 11.4. The number of hydrogen-bond donors (Lipinski definition) is 0. The Hall–Kier alpha value is -4.44. The number of allylic oxidation sites excluding steroid dienone is 4. The summed E-state index contributed by atoms with van der Waals surface area (Å²) in [4.78, 5) is 27.0. The molecule has 2 aliphatic carbocycles. The number of fused-ring (bicyclic) bond motifs is 2. The molecule has 0 bridgehead atoms. The van der Waals surface area contributed by atoms with Crippen molar-refractivity contribution in [2.24, 2.45) is 0 Å². The molecule has 34 heavy (non-hydrogen) atoms. The number of nitrogens with zero attached hydrogens (tertiary/aromatic N) is 1. The normalized spacial score (nSPS) is 17.9. The first-order chi connectivity index (χ1) is 16.7. The van der Waals surface area contributed by atoms with Gasteiger partial charge in [0.05, 0.1) is 17.1 Å². The highest BCUT2D eigenvalue weighted by Gasteiger charge is 2.33. The maximum atomic E-state index is 12.7. The van der Waals surface area contributed by atoms with Crippen LogP contribution in [0.3, 0.4) is 0 Å². The van der Waals surface area contributed by atoms with Gasteiger partial charge in [0, 0.05) is 16.9 Å². The van der Waals surface area contributed by atoms with E-state index in [-0.39, 0.29) is 17.5 Å². The average molecular weight is 441 g/mol. The summed E-state index contributed by atoms with van der Waals surface area (Å²) in [5, 5.41) is 2.29. The minimum Gasteiger partial charge on any atom is -0.453 e. The third-order valence-corrected chi connectivity index (χ3v) is 6.97. The standard InChI is InChI=1S/C30H19NO3/c32-19-13-15-27(33)23(17-19)22-16-18-12-14-24(21-7-5-6-20(22)30(18)21)31-25-8-1-3-10-28(25)34-29-11-4-2-9-26(29)31/h1-15,17,22H,16H2. The Morgan fingerprint density at radius 1 is 0.735 bits per heavy atom. The monoisotopic (exact) mass is 441 g/mol. The lowest BCUT2D eigenvalue weighted by atomic mass is 9.86. The lowest BCUT2D eigenvalue weighted by molar-refractivity contribution is -0.114. The van der Waals surface area contributed by atoms with E-state index in [1.54, 1.807) is 0 Å². The van der Waals surface area contributed by atoms with E-state index in [1.165, 1.54) is 29.2 Å². The van der Waals surface area contributed by atoms with Crippen LogP contribution in [0.5, 0.6) is 11.5 Å². The summed E-state index contributed by atoms with van der Waals surface area (Å²) in [6, 6.07) is 26.7. The van der Waals surface area contributed by atoms with E-state index in [9.17, 15) is 9.59 Å². The molecule has 1 atom stereocenters. The summed E-state index contributed by atoms with van der Waals surface area (Å²) in [6.07, 6.45) is 4.96. The van der Waals surface area contributed by atoms with Gasteiger partial charge < -0.3 is 9.64 Å². The Balaban J connectivity index is 1.45. The lowest BCUT2D eigenvalue weighted by Gasteiger charge is -2.33. The largest absolute Gasteiger partial charge is 0.453 e. The van der Waals surface area contributed by atoms with E-state index in [2.05, 4.69) is 41.3 Å². The summed E-state index contributed by atoms with van der Waals surface area (Å²) >= 11 is 0. The topological polar surface area (TPSA) is 46.6 Å². The quantitative estimate of drug-likeness (QED) is 0.286. The van der Waals surface area contributed by atoms with Crippen molar-refractivity contribution in [2.75, 3.05) is 4.90 Å². The van der Waals surface area contributed by atoms with Crippen LogP contribution >= 0.6 is 0 Å². The molecule has 0 spiro atoms. The maximum absolute atomic E-state index is 12.7. The zero-order valence-corrected chi connectivity index (χ0v) is 18.2. The molecule has 4 nitrogen and oxygen atoms in total. The minimum atomic E-state index is -0.125. The van der Waals surface area contributed by atoms with Crippen molar-refractivity contribution >= 4 is 39.4 Å². The third-order valence-electron chi connectivity index (χ3n) is 6.97. The predicted molar refractivity (Wildman–Crippen MR) is 132 cm³/mol. The number of hydrogen-bond acceptors (Lipinski definition) is 4. The van der Waals surface area contributed by atoms with Crippen LogP contribution in [-0.4, -0.2) is 11.6 Å². The lowest BCUT2D eigenvalue weighted by Crippen LogP contribution is -2.16. The first kappa shape index (κ1) is 19.1. The van der Waals surface area contributed by atoms with E-state index < -0.39 is 0 Å². The number of carbonyl (C=O) groups excluding carboxylic acids is 2. The van der Waals surface area contributed by atoms with Gasteiger partial charge in [-0.25, -0.2) is 0 Å². The molecule has 162 valence electrons. The molecule has 1 aliphatic heterocycles. The van der Waals surface area contributed by atoms with Crippen LogP contribution in [0.4, 0.5) is 17.1 Å². The molecule has 0 saturated heterocycles. The van der Waals surface area contributed by atoms with Crippen molar-refractivity contribution in [3.05, 3.63) is 114 Å². The second-order valence-electron chi connectivity index (χ2n) is 8.84. The van der Waals surface area contributed by atoms with Gasteiger partial charge in [0.15, 0.2) is 23.1 Å². The van der Waals surface area contributed by atoms with Gasteiger partial charge in [-0.15, -0.1) is 0 Å². The van der Waals surface area contributed by atoms with Crippen molar-refractivity contribution in [1.29, 1.82) is 0 Å². The summed E-state index contributed by atoms with van der Waals surface area (Å²) in [6.45, 7) is 0. The summed E-state index contributed by atoms with van der Waals surface area (Å²) in [5.74, 6) is 1.31. The molecule has 0 aromatic heterocycles. The molecule has 4 heteroatoms. The summed E-state index contributed by atoms with van der Waals surface area (Å²) in [7, 11) is 0. The fraction of sp³-hybridized carbons (Fsp3) is 0.0667. The summed E-state index contributed by atoms with van der Waals surface area (Å²) < 4.78 is 6.19. The molecule has 1 unspecified atom stereocenters. The van der Waals surface area contributed by atoms with Crippen LogP contribution in [0.15, 0.2) is 103 Å². The molecule has 0 radical (unpaired) electrons. The molecule has 0 amide bonds. The maximum Gasteiger partial charge on any atom is 0.182 e. The second-order valence-corrected chi connectivity index (χ2v) is 8.84. The average Bonchev–Trinajstić information content (AvgIpc) is 3.24. The second kappa shape index (κ2) is 7.03. The highest BCUT2D eigenvalue weighted by atomic mass is 16.5. The van der Waals surface area contributed by atoms with Gasteiger partial charge >= 0.3 is 0 Å². The van der Waals surface area contributed by atoms with E-state index in [4.69, 9.17) is 4.74 Å².